The number of halogens is 3. The van der Waals surface area contributed by atoms with Gasteiger partial charge in [0.15, 0.2) is 6.17 Å². The number of fused-ring (bicyclic) bond motifs is 2. The van der Waals surface area contributed by atoms with Crippen LogP contribution in [0.4, 0.5) is 13.2 Å². The molecular formula is C27H30F3N3O. The Morgan fingerprint density at radius 1 is 1.18 bits per heavy atom. The van der Waals surface area contributed by atoms with Crippen LogP contribution in [0.5, 0.6) is 0 Å². The number of hydrogen-bond acceptors (Lipinski definition) is 3. The van der Waals surface area contributed by atoms with Gasteiger partial charge < -0.3 is 5.32 Å². The second-order valence-electron chi connectivity index (χ2n) is 10.1. The Bertz CT molecular complexity index is 1170. The molecule has 0 bridgehead atoms. The molecule has 3 aliphatic rings. The molecule has 1 aromatic carbocycles. The van der Waals surface area contributed by atoms with Crippen molar-refractivity contribution in [2.75, 3.05) is 0 Å². The van der Waals surface area contributed by atoms with E-state index in [9.17, 15) is 9.18 Å². The third-order valence-electron chi connectivity index (χ3n) is 7.72. The van der Waals surface area contributed by atoms with Crippen molar-refractivity contribution in [1.29, 1.82) is 0 Å². The minimum atomic E-state index is -2.40. The van der Waals surface area contributed by atoms with Crippen LogP contribution in [0.15, 0.2) is 42.1 Å². The number of allylic oxidation sites excluding steroid dienone is 1. The number of hydrogen-bond donors (Lipinski definition) is 1. The summed E-state index contributed by atoms with van der Waals surface area (Å²) >= 11 is 0. The van der Waals surface area contributed by atoms with Crippen molar-refractivity contribution in [1.82, 2.24) is 15.2 Å². The molecule has 34 heavy (non-hydrogen) atoms. The molecule has 1 N–H and O–H groups in total. The highest BCUT2D eigenvalue weighted by atomic mass is 19.2. The number of rotatable bonds is 4. The normalized spacial score (nSPS) is 30.2. The zero-order valence-electron chi connectivity index (χ0n) is 19.7. The second-order valence-corrected chi connectivity index (χ2v) is 10.1. The maximum atomic E-state index is 15.6. The predicted octanol–water partition coefficient (Wildman–Crippen LogP) is 5.78. The average molecular weight is 470 g/mol. The van der Waals surface area contributed by atoms with Crippen LogP contribution in [0, 0.1) is 26.2 Å². The van der Waals surface area contributed by atoms with Gasteiger partial charge in [0.05, 0.1) is 11.1 Å². The molecule has 1 aromatic heterocycles. The summed E-state index contributed by atoms with van der Waals surface area (Å²) in [6, 6.07) is 7.76. The van der Waals surface area contributed by atoms with E-state index in [-0.39, 0.29) is 17.3 Å². The molecule has 5 rings (SSSR count). The lowest BCUT2D eigenvalue weighted by Gasteiger charge is -2.41. The van der Waals surface area contributed by atoms with Gasteiger partial charge in [0.25, 0.3) is 0 Å². The van der Waals surface area contributed by atoms with Gasteiger partial charge in [0, 0.05) is 24.3 Å². The molecule has 5 atom stereocenters. The van der Waals surface area contributed by atoms with Gasteiger partial charge in [0.2, 0.25) is 18.5 Å². The van der Waals surface area contributed by atoms with E-state index in [1.165, 1.54) is 29.0 Å². The van der Waals surface area contributed by atoms with E-state index in [0.717, 1.165) is 5.57 Å². The molecule has 5 unspecified atom stereocenters. The number of amides is 1. The van der Waals surface area contributed by atoms with Gasteiger partial charge >= 0.3 is 0 Å². The topological polar surface area (TPSA) is 45.2 Å². The molecule has 0 saturated heterocycles. The lowest BCUT2D eigenvalue weighted by Crippen LogP contribution is -2.51. The first kappa shape index (κ1) is 23.1. The van der Waals surface area contributed by atoms with Gasteiger partial charge in [-0.3, -0.25) is 14.7 Å². The summed E-state index contributed by atoms with van der Waals surface area (Å²) in [7, 11) is 0. The fraction of sp³-hybridized carbons (Fsp3) is 0.481. The first-order chi connectivity index (χ1) is 16.2. The van der Waals surface area contributed by atoms with E-state index in [4.69, 9.17) is 0 Å². The number of alkyl halides is 3. The Labute approximate surface area is 198 Å². The minimum absolute atomic E-state index is 0.00878. The van der Waals surface area contributed by atoms with Crippen LogP contribution in [0.1, 0.15) is 71.7 Å². The number of benzene rings is 1. The van der Waals surface area contributed by atoms with Crippen LogP contribution in [0.25, 0.3) is 0 Å². The third kappa shape index (κ3) is 3.65. The summed E-state index contributed by atoms with van der Waals surface area (Å²) in [6.07, 6.45) is -0.938. The average Bonchev–Trinajstić information content (AvgIpc) is 3.35. The maximum absolute atomic E-state index is 15.6. The van der Waals surface area contributed by atoms with Crippen LogP contribution < -0.4 is 5.32 Å². The van der Waals surface area contributed by atoms with E-state index in [1.807, 2.05) is 6.08 Å². The summed E-state index contributed by atoms with van der Waals surface area (Å²) in [5.74, 6) is -0.651. The molecule has 4 nitrogen and oxygen atoms in total. The fourth-order valence-corrected chi connectivity index (χ4v) is 5.93. The van der Waals surface area contributed by atoms with Crippen LogP contribution >= 0.6 is 0 Å². The van der Waals surface area contributed by atoms with Crippen molar-refractivity contribution < 1.29 is 18.0 Å². The van der Waals surface area contributed by atoms with E-state index in [0.29, 0.717) is 42.7 Å². The molecule has 7 heteroatoms. The number of carbonyl (C=O) groups is 1. The summed E-state index contributed by atoms with van der Waals surface area (Å²) in [4.78, 5) is 18.2. The zero-order valence-corrected chi connectivity index (χ0v) is 19.7. The van der Waals surface area contributed by atoms with Crippen molar-refractivity contribution in [2.45, 2.75) is 77.8 Å². The smallest absolute Gasteiger partial charge is 0.237 e. The summed E-state index contributed by atoms with van der Waals surface area (Å²) in [5, 5.41) is 3.54. The highest BCUT2D eigenvalue weighted by Crippen LogP contribution is 2.54. The van der Waals surface area contributed by atoms with Gasteiger partial charge in [-0.15, -0.1) is 0 Å². The largest absolute Gasteiger partial charge is 0.310 e. The minimum Gasteiger partial charge on any atom is -0.310 e. The molecule has 0 spiro atoms. The Kier molecular flexibility index (Phi) is 5.79. The molecule has 1 amide bonds. The summed E-state index contributed by atoms with van der Waals surface area (Å²) in [6.45, 7) is 6.49. The second kappa shape index (κ2) is 8.52. The van der Waals surface area contributed by atoms with Crippen LogP contribution in [-0.2, 0) is 11.3 Å². The highest BCUT2D eigenvalue weighted by molar-refractivity contribution is 5.88. The molecule has 0 radical (unpaired) electrons. The van der Waals surface area contributed by atoms with Gasteiger partial charge in [-0.05, 0) is 69.2 Å². The van der Waals surface area contributed by atoms with Crippen molar-refractivity contribution in [3.8, 4) is 0 Å². The molecule has 2 aliphatic carbocycles. The zero-order chi connectivity index (χ0) is 24.2. The van der Waals surface area contributed by atoms with Crippen LogP contribution in [-0.4, -0.2) is 28.1 Å². The van der Waals surface area contributed by atoms with Gasteiger partial charge in [-0.2, -0.15) is 0 Å². The van der Waals surface area contributed by atoms with E-state index in [2.05, 4.69) is 42.3 Å². The van der Waals surface area contributed by atoms with Gasteiger partial charge in [0.1, 0.15) is 0 Å². The number of pyridine rings is 1. The highest BCUT2D eigenvalue weighted by Gasteiger charge is 2.56. The van der Waals surface area contributed by atoms with Crippen molar-refractivity contribution in [3.63, 3.8) is 0 Å². The van der Waals surface area contributed by atoms with E-state index < -0.39 is 30.1 Å². The number of nitrogens with zero attached hydrogens (tertiary/aromatic N) is 2. The summed E-state index contributed by atoms with van der Waals surface area (Å²) < 4.78 is 45.7. The molecule has 1 saturated carbocycles. The molecule has 2 aromatic rings. The number of nitrogens with one attached hydrogen (secondary N) is 1. The molecule has 180 valence electrons. The first-order valence-corrected chi connectivity index (χ1v) is 11.9. The molecule has 1 fully saturated rings. The van der Waals surface area contributed by atoms with E-state index in [1.54, 1.807) is 6.92 Å². The predicted molar refractivity (Wildman–Crippen MR) is 124 cm³/mol. The Morgan fingerprint density at radius 2 is 1.97 bits per heavy atom. The van der Waals surface area contributed by atoms with Crippen LogP contribution in [0.3, 0.4) is 0 Å². The lowest BCUT2D eigenvalue weighted by atomic mass is 9.80. The molecule has 2 heterocycles. The standard InChI is InChI=1S/C27H30F3N3O/c1-15-6-7-18(17(3)9-15)14-31-20-11-19-5-4-8-27(19,12-20)26(34)33-24(29)21-10-16(2)13-32-23(21)22(28)25(33)30/h5-7,9-10,13,20,22,24-25,31H,4,8,11-12,14H2,1-3H3. The lowest BCUT2D eigenvalue weighted by molar-refractivity contribution is -0.164. The third-order valence-corrected chi connectivity index (χ3v) is 7.72. The molecular weight excluding hydrogens is 439 g/mol. The van der Waals surface area contributed by atoms with E-state index >= 15 is 8.78 Å². The fourth-order valence-electron chi connectivity index (χ4n) is 5.93. The van der Waals surface area contributed by atoms with Crippen molar-refractivity contribution in [2.24, 2.45) is 5.41 Å². The Morgan fingerprint density at radius 3 is 2.74 bits per heavy atom. The van der Waals surface area contributed by atoms with Crippen molar-refractivity contribution in [3.05, 3.63) is 75.6 Å². The number of carbonyl (C=O) groups excluding carboxylic acids is 1. The van der Waals surface area contributed by atoms with Gasteiger partial charge in [-0.25, -0.2) is 13.2 Å². The molecule has 1 aliphatic heterocycles. The number of aryl methyl sites for hydroxylation is 3. The van der Waals surface area contributed by atoms with Crippen molar-refractivity contribution >= 4 is 5.91 Å². The first-order valence-electron chi connectivity index (χ1n) is 11.9. The van der Waals surface area contributed by atoms with Gasteiger partial charge in [-0.1, -0.05) is 35.4 Å². The quantitative estimate of drug-likeness (QED) is 0.456. The Balaban J connectivity index is 1.38. The summed E-state index contributed by atoms with van der Waals surface area (Å²) in [5.41, 5.74) is 3.83. The SMILES string of the molecule is Cc1ccc(CNC2CC3=CCCC3(C(=O)N3C(F)c4cc(C)cnc4C(F)C3F)C2)c(C)c1. The monoisotopic (exact) mass is 469 g/mol. The number of aromatic nitrogens is 1. The maximum Gasteiger partial charge on any atom is 0.237 e. The van der Waals surface area contributed by atoms with Crippen LogP contribution in [0.2, 0.25) is 0 Å². The Hall–Kier alpha value is -2.67.